The van der Waals surface area contributed by atoms with Gasteiger partial charge in [0.05, 0.1) is 6.54 Å². The van der Waals surface area contributed by atoms with Gasteiger partial charge in [0.25, 0.3) is 0 Å². The van der Waals surface area contributed by atoms with Crippen LogP contribution in [0.2, 0.25) is 5.02 Å². The Labute approximate surface area is 110 Å². The Morgan fingerprint density at radius 3 is 2.94 bits per heavy atom. The number of hydrogen-bond donors (Lipinski definition) is 1. The van der Waals surface area contributed by atoms with E-state index in [0.717, 1.165) is 5.56 Å². The van der Waals surface area contributed by atoms with Crippen LogP contribution in [0.25, 0.3) is 0 Å². The van der Waals surface area contributed by atoms with E-state index in [1.807, 2.05) is 6.92 Å². The molecule has 1 aliphatic rings. The summed E-state index contributed by atoms with van der Waals surface area (Å²) in [5.74, 6) is -0.251. The Morgan fingerprint density at radius 1 is 1.56 bits per heavy atom. The Hall–Kier alpha value is -1.75. The van der Waals surface area contributed by atoms with Crippen molar-refractivity contribution in [3.63, 3.8) is 0 Å². The minimum atomic E-state index is -0.446. The Kier molecular flexibility index (Phi) is 3.72. The van der Waals surface area contributed by atoms with Gasteiger partial charge < -0.3 is 10.1 Å². The molecule has 5 nitrogen and oxygen atoms in total. The summed E-state index contributed by atoms with van der Waals surface area (Å²) in [6.07, 6.45) is -0.446. The zero-order valence-electron chi connectivity index (χ0n) is 9.90. The standard InChI is InChI=1S/C12H13ClN2O3/c1-8-6-9(13)2-3-10(8)14-11(16)7-15-4-5-18-12(15)17/h2-3,6H,4-5,7H2,1H3,(H,14,16). The number of aryl methyl sites for hydroxylation is 1. The van der Waals surface area contributed by atoms with Crippen LogP contribution < -0.4 is 5.32 Å². The van der Waals surface area contributed by atoms with E-state index in [0.29, 0.717) is 23.9 Å². The lowest BCUT2D eigenvalue weighted by Gasteiger charge is -2.13. The number of hydrogen-bond acceptors (Lipinski definition) is 3. The van der Waals surface area contributed by atoms with Crippen LogP contribution in [0.15, 0.2) is 18.2 Å². The number of halogens is 1. The first-order valence-corrected chi connectivity index (χ1v) is 5.92. The van der Waals surface area contributed by atoms with Gasteiger partial charge >= 0.3 is 6.09 Å². The molecule has 0 atom stereocenters. The fourth-order valence-electron chi connectivity index (χ4n) is 1.70. The second-order valence-electron chi connectivity index (χ2n) is 4.04. The van der Waals surface area contributed by atoms with Gasteiger partial charge in [-0.15, -0.1) is 0 Å². The van der Waals surface area contributed by atoms with Gasteiger partial charge in [0.15, 0.2) is 0 Å². The summed E-state index contributed by atoms with van der Waals surface area (Å²) >= 11 is 5.83. The number of nitrogens with one attached hydrogen (secondary N) is 1. The molecule has 0 aromatic heterocycles. The molecule has 0 radical (unpaired) electrons. The first-order chi connectivity index (χ1) is 8.56. The molecule has 0 spiro atoms. The highest BCUT2D eigenvalue weighted by Gasteiger charge is 2.24. The van der Waals surface area contributed by atoms with Crippen molar-refractivity contribution in [3.05, 3.63) is 28.8 Å². The Bertz CT molecular complexity index is 490. The molecule has 2 amide bonds. The van der Waals surface area contributed by atoms with Crippen molar-refractivity contribution in [2.45, 2.75) is 6.92 Å². The van der Waals surface area contributed by atoms with Gasteiger partial charge in [-0.3, -0.25) is 9.69 Å². The van der Waals surface area contributed by atoms with Gasteiger partial charge in [-0.05, 0) is 30.7 Å². The molecule has 1 aromatic carbocycles. The average Bonchev–Trinajstić information content (AvgIpc) is 2.69. The molecule has 0 aliphatic carbocycles. The molecule has 96 valence electrons. The van der Waals surface area contributed by atoms with Crippen LogP contribution in [0.4, 0.5) is 10.5 Å². The molecule has 6 heteroatoms. The summed E-state index contributed by atoms with van der Waals surface area (Å²) in [5.41, 5.74) is 1.57. The molecule has 2 rings (SSSR count). The van der Waals surface area contributed by atoms with Crippen molar-refractivity contribution in [2.24, 2.45) is 0 Å². The number of rotatable bonds is 3. The van der Waals surface area contributed by atoms with Crippen molar-refractivity contribution in [3.8, 4) is 0 Å². The van der Waals surface area contributed by atoms with Crippen molar-refractivity contribution in [1.82, 2.24) is 4.90 Å². The normalized spacial score (nSPS) is 14.6. The number of amides is 2. The Morgan fingerprint density at radius 2 is 2.33 bits per heavy atom. The number of anilines is 1. The lowest BCUT2D eigenvalue weighted by atomic mass is 10.2. The van der Waals surface area contributed by atoms with Crippen molar-refractivity contribution >= 4 is 29.3 Å². The van der Waals surface area contributed by atoms with E-state index in [4.69, 9.17) is 16.3 Å². The third-order valence-corrected chi connectivity index (χ3v) is 2.88. The summed E-state index contributed by atoms with van der Waals surface area (Å²) in [4.78, 5) is 24.3. The number of ether oxygens (including phenoxy) is 1. The molecule has 0 bridgehead atoms. The van der Waals surface area contributed by atoms with E-state index < -0.39 is 6.09 Å². The van der Waals surface area contributed by atoms with Gasteiger partial charge in [0.2, 0.25) is 5.91 Å². The number of carbonyl (C=O) groups is 2. The maximum absolute atomic E-state index is 11.8. The fourth-order valence-corrected chi connectivity index (χ4v) is 1.93. The highest BCUT2D eigenvalue weighted by molar-refractivity contribution is 6.30. The average molecular weight is 269 g/mol. The summed E-state index contributed by atoms with van der Waals surface area (Å²) in [7, 11) is 0. The predicted molar refractivity (Wildman–Crippen MR) is 67.7 cm³/mol. The molecule has 18 heavy (non-hydrogen) atoms. The molecule has 0 unspecified atom stereocenters. The lowest BCUT2D eigenvalue weighted by molar-refractivity contribution is -0.116. The first kappa shape index (κ1) is 12.7. The van der Waals surface area contributed by atoms with E-state index in [2.05, 4.69) is 5.32 Å². The zero-order chi connectivity index (χ0) is 13.1. The van der Waals surface area contributed by atoms with Crippen LogP contribution >= 0.6 is 11.6 Å². The quantitative estimate of drug-likeness (QED) is 0.913. The summed E-state index contributed by atoms with van der Waals surface area (Å²) < 4.78 is 4.75. The zero-order valence-corrected chi connectivity index (χ0v) is 10.7. The van der Waals surface area contributed by atoms with Gasteiger partial charge in [-0.1, -0.05) is 11.6 Å². The number of cyclic esters (lactones) is 1. The second-order valence-corrected chi connectivity index (χ2v) is 4.48. The molecule has 1 N–H and O–H groups in total. The van der Waals surface area contributed by atoms with E-state index in [9.17, 15) is 9.59 Å². The molecular formula is C12H13ClN2O3. The van der Waals surface area contributed by atoms with Crippen LogP contribution in [0.1, 0.15) is 5.56 Å². The van der Waals surface area contributed by atoms with Crippen LogP contribution in [0.5, 0.6) is 0 Å². The largest absolute Gasteiger partial charge is 0.448 e. The van der Waals surface area contributed by atoms with Gasteiger partial charge in [0, 0.05) is 10.7 Å². The van der Waals surface area contributed by atoms with Crippen molar-refractivity contribution < 1.29 is 14.3 Å². The number of nitrogens with zero attached hydrogens (tertiary/aromatic N) is 1. The summed E-state index contributed by atoms with van der Waals surface area (Å²) in [6, 6.07) is 5.20. The third-order valence-electron chi connectivity index (χ3n) is 2.64. The molecule has 1 aliphatic heterocycles. The van der Waals surface area contributed by atoms with Crippen LogP contribution in [0.3, 0.4) is 0 Å². The fraction of sp³-hybridized carbons (Fsp3) is 0.333. The maximum atomic E-state index is 11.8. The molecule has 0 saturated carbocycles. The molecular weight excluding hydrogens is 256 g/mol. The highest BCUT2D eigenvalue weighted by Crippen LogP contribution is 2.19. The first-order valence-electron chi connectivity index (χ1n) is 5.54. The topological polar surface area (TPSA) is 58.6 Å². The third kappa shape index (κ3) is 2.92. The van der Waals surface area contributed by atoms with E-state index in [1.54, 1.807) is 18.2 Å². The highest BCUT2D eigenvalue weighted by atomic mass is 35.5. The number of carbonyl (C=O) groups excluding carboxylic acids is 2. The summed E-state index contributed by atoms with van der Waals surface area (Å²) in [6.45, 7) is 2.64. The van der Waals surface area contributed by atoms with Crippen LogP contribution in [-0.2, 0) is 9.53 Å². The van der Waals surface area contributed by atoms with Crippen LogP contribution in [-0.4, -0.2) is 36.6 Å². The predicted octanol–water partition coefficient (Wildman–Crippen LogP) is 2.04. The van der Waals surface area contributed by atoms with Crippen LogP contribution in [0, 0.1) is 6.92 Å². The Balaban J connectivity index is 1.96. The molecule has 1 aromatic rings. The van der Waals surface area contributed by atoms with Crippen molar-refractivity contribution in [2.75, 3.05) is 25.0 Å². The molecule has 1 saturated heterocycles. The molecule has 1 fully saturated rings. The van der Waals surface area contributed by atoms with Crippen molar-refractivity contribution in [1.29, 1.82) is 0 Å². The number of benzene rings is 1. The van der Waals surface area contributed by atoms with Gasteiger partial charge in [0.1, 0.15) is 13.2 Å². The van der Waals surface area contributed by atoms with E-state index in [-0.39, 0.29) is 12.5 Å². The lowest BCUT2D eigenvalue weighted by Crippen LogP contribution is -2.33. The summed E-state index contributed by atoms with van der Waals surface area (Å²) in [5, 5.41) is 3.36. The maximum Gasteiger partial charge on any atom is 0.410 e. The van der Waals surface area contributed by atoms with E-state index >= 15 is 0 Å². The minimum absolute atomic E-state index is 0.000893. The minimum Gasteiger partial charge on any atom is -0.448 e. The van der Waals surface area contributed by atoms with Gasteiger partial charge in [-0.25, -0.2) is 4.79 Å². The smallest absolute Gasteiger partial charge is 0.410 e. The van der Waals surface area contributed by atoms with E-state index in [1.165, 1.54) is 4.90 Å². The second kappa shape index (κ2) is 5.27. The monoisotopic (exact) mass is 268 g/mol. The molecule has 1 heterocycles. The SMILES string of the molecule is Cc1cc(Cl)ccc1NC(=O)CN1CCOC1=O. The van der Waals surface area contributed by atoms with Gasteiger partial charge in [-0.2, -0.15) is 0 Å².